The zero-order chi connectivity index (χ0) is 18.9. The van der Waals surface area contributed by atoms with Crippen molar-refractivity contribution in [2.24, 2.45) is 0 Å². The topological polar surface area (TPSA) is 54.5 Å². The second-order valence-electron chi connectivity index (χ2n) is 6.40. The van der Waals surface area contributed by atoms with Crippen LogP contribution in [0, 0.1) is 6.07 Å². The van der Waals surface area contributed by atoms with E-state index in [1.54, 1.807) is 18.7 Å². The van der Waals surface area contributed by atoms with Crippen LogP contribution < -0.4 is 0 Å². The van der Waals surface area contributed by atoms with E-state index in [1.807, 2.05) is 60.8 Å². The normalized spacial score (nSPS) is 11.0. The Morgan fingerprint density at radius 1 is 0.821 bits per heavy atom. The van der Waals surface area contributed by atoms with E-state index in [9.17, 15) is 0 Å². The van der Waals surface area contributed by atoms with E-state index in [0.717, 1.165) is 44.5 Å². The molecule has 0 bridgehead atoms. The van der Waals surface area contributed by atoms with Gasteiger partial charge in [0, 0.05) is 46.4 Å². The summed E-state index contributed by atoms with van der Waals surface area (Å²) in [6, 6.07) is 21.3. The molecule has 133 valence electrons. The predicted octanol–water partition coefficient (Wildman–Crippen LogP) is 5.81. The number of hydrogen-bond acceptors (Lipinski definition) is 3. The minimum absolute atomic E-state index is 0.696. The van der Waals surface area contributed by atoms with Gasteiger partial charge in [0.05, 0.1) is 23.1 Å². The summed E-state index contributed by atoms with van der Waals surface area (Å²) in [6.07, 6.45) is 7.10. The third kappa shape index (κ3) is 3.04. The highest BCUT2D eigenvalue weighted by molar-refractivity contribution is 6.30. The van der Waals surface area contributed by atoms with Crippen molar-refractivity contribution in [3.05, 3.63) is 90.6 Å². The number of hydrogen-bond donors (Lipinski definition) is 1. The van der Waals surface area contributed by atoms with Crippen LogP contribution in [0.1, 0.15) is 0 Å². The van der Waals surface area contributed by atoms with Gasteiger partial charge in [-0.15, -0.1) is 0 Å². The average molecular weight is 382 g/mol. The van der Waals surface area contributed by atoms with Crippen LogP contribution in [0.2, 0.25) is 5.02 Å². The molecule has 0 aliphatic heterocycles. The number of fused-ring (bicyclic) bond motifs is 1. The highest BCUT2D eigenvalue weighted by atomic mass is 35.5. The molecule has 5 rings (SSSR count). The first-order chi connectivity index (χ1) is 13.8. The van der Waals surface area contributed by atoms with Gasteiger partial charge in [0.1, 0.15) is 0 Å². The van der Waals surface area contributed by atoms with Crippen LogP contribution in [0.25, 0.3) is 44.5 Å². The molecule has 1 N–H and O–H groups in total. The first-order valence-electron chi connectivity index (χ1n) is 8.80. The molecule has 5 heteroatoms. The fourth-order valence-corrected chi connectivity index (χ4v) is 3.35. The molecule has 0 atom stereocenters. The highest BCUT2D eigenvalue weighted by Gasteiger charge is 2.12. The van der Waals surface area contributed by atoms with E-state index in [4.69, 9.17) is 16.6 Å². The van der Waals surface area contributed by atoms with E-state index < -0.39 is 0 Å². The molecule has 0 aliphatic rings. The molecule has 1 radical (unpaired) electrons. The second kappa shape index (κ2) is 6.91. The highest BCUT2D eigenvalue weighted by Crippen LogP contribution is 2.34. The number of aromatic amines is 1. The van der Waals surface area contributed by atoms with Crippen LogP contribution in [0.15, 0.2) is 79.5 Å². The smallest absolute Gasteiger partial charge is 0.0931 e. The Balaban J connectivity index is 1.69. The van der Waals surface area contributed by atoms with Gasteiger partial charge in [0.25, 0.3) is 0 Å². The molecule has 5 aromatic rings. The molecule has 0 saturated carbocycles. The van der Waals surface area contributed by atoms with E-state index in [0.29, 0.717) is 5.02 Å². The Bertz CT molecular complexity index is 1260. The maximum Gasteiger partial charge on any atom is 0.0931 e. The fourth-order valence-electron chi connectivity index (χ4n) is 3.22. The van der Waals surface area contributed by atoms with Crippen LogP contribution in [0.4, 0.5) is 0 Å². The van der Waals surface area contributed by atoms with Crippen LogP contribution in [0.5, 0.6) is 0 Å². The van der Waals surface area contributed by atoms with Gasteiger partial charge in [-0.05, 0) is 47.5 Å². The summed E-state index contributed by atoms with van der Waals surface area (Å²) >= 11 is 6.05. The van der Waals surface area contributed by atoms with Gasteiger partial charge in [0.15, 0.2) is 0 Å². The molecule has 0 unspecified atom stereocenters. The maximum atomic E-state index is 6.05. The van der Waals surface area contributed by atoms with Crippen molar-refractivity contribution < 1.29 is 0 Å². The van der Waals surface area contributed by atoms with Crippen LogP contribution >= 0.6 is 11.6 Å². The third-order valence-corrected chi connectivity index (χ3v) is 4.89. The number of benzene rings is 2. The van der Waals surface area contributed by atoms with Crippen molar-refractivity contribution in [3.8, 4) is 33.5 Å². The maximum absolute atomic E-state index is 6.05. The minimum Gasteiger partial charge on any atom is -0.345 e. The number of imidazole rings is 1. The summed E-state index contributed by atoms with van der Waals surface area (Å²) in [6.45, 7) is 0. The van der Waals surface area contributed by atoms with Gasteiger partial charge in [-0.3, -0.25) is 9.97 Å². The predicted molar refractivity (Wildman–Crippen MR) is 112 cm³/mol. The monoisotopic (exact) mass is 381 g/mol. The van der Waals surface area contributed by atoms with Gasteiger partial charge in [-0.25, -0.2) is 4.98 Å². The first-order valence-corrected chi connectivity index (χ1v) is 9.18. The molecule has 3 aromatic heterocycles. The molecule has 4 nitrogen and oxygen atoms in total. The van der Waals surface area contributed by atoms with Crippen molar-refractivity contribution in [2.45, 2.75) is 0 Å². The van der Waals surface area contributed by atoms with Crippen molar-refractivity contribution in [1.29, 1.82) is 0 Å². The standard InChI is InChI=1S/C23H14ClN4/c24-19-4-1-16(2-5-19)23-20(15-7-9-25-10-8-15)11-18(13-26-23)17-3-6-21-22(12-17)28-14-27-21/h1-10,12-14H,(H,27,28). The lowest BCUT2D eigenvalue weighted by Crippen LogP contribution is -1.92. The van der Waals surface area contributed by atoms with Crippen molar-refractivity contribution >= 4 is 22.6 Å². The summed E-state index contributed by atoms with van der Waals surface area (Å²) in [5.41, 5.74) is 7.62. The molecular weight excluding hydrogens is 368 g/mol. The second-order valence-corrected chi connectivity index (χ2v) is 6.83. The number of nitrogens with zero attached hydrogens (tertiary/aromatic N) is 3. The SMILES string of the molecule is Clc1ccc(-c2ncc(-c3ccc4[nH]cnc4c3)[c]c2-c2ccncc2)cc1. The Morgan fingerprint density at radius 2 is 1.61 bits per heavy atom. The zero-order valence-corrected chi connectivity index (χ0v) is 15.5. The number of nitrogens with one attached hydrogen (secondary N) is 1. The van der Waals surface area contributed by atoms with Crippen molar-refractivity contribution in [2.75, 3.05) is 0 Å². The number of rotatable bonds is 3. The van der Waals surface area contributed by atoms with E-state index in [2.05, 4.69) is 21.0 Å². The van der Waals surface area contributed by atoms with E-state index >= 15 is 0 Å². The lowest BCUT2D eigenvalue weighted by Gasteiger charge is -2.11. The lowest BCUT2D eigenvalue weighted by molar-refractivity contribution is 1.30. The Morgan fingerprint density at radius 3 is 2.43 bits per heavy atom. The molecule has 2 aromatic carbocycles. The Hall–Kier alpha value is -3.50. The average Bonchev–Trinajstić information content (AvgIpc) is 3.22. The molecule has 0 spiro atoms. The molecular formula is C23H14ClN4. The molecule has 0 amide bonds. The summed E-state index contributed by atoms with van der Waals surface area (Å²) in [5.74, 6) is 0. The number of halogens is 1. The summed E-state index contributed by atoms with van der Waals surface area (Å²) in [7, 11) is 0. The summed E-state index contributed by atoms with van der Waals surface area (Å²) < 4.78 is 0. The molecule has 0 fully saturated rings. The lowest BCUT2D eigenvalue weighted by atomic mass is 9.96. The summed E-state index contributed by atoms with van der Waals surface area (Å²) in [4.78, 5) is 16.4. The molecule has 0 aliphatic carbocycles. The van der Waals surface area contributed by atoms with Crippen LogP contribution in [0.3, 0.4) is 0 Å². The van der Waals surface area contributed by atoms with Gasteiger partial charge >= 0.3 is 0 Å². The van der Waals surface area contributed by atoms with E-state index in [-0.39, 0.29) is 0 Å². The Kier molecular flexibility index (Phi) is 4.11. The van der Waals surface area contributed by atoms with Crippen molar-refractivity contribution in [1.82, 2.24) is 19.9 Å². The number of pyridine rings is 2. The number of H-pyrrole nitrogens is 1. The van der Waals surface area contributed by atoms with Crippen LogP contribution in [-0.4, -0.2) is 19.9 Å². The van der Waals surface area contributed by atoms with E-state index in [1.165, 1.54) is 0 Å². The van der Waals surface area contributed by atoms with Crippen molar-refractivity contribution in [3.63, 3.8) is 0 Å². The minimum atomic E-state index is 0.696. The van der Waals surface area contributed by atoms with Gasteiger partial charge < -0.3 is 4.98 Å². The molecule has 0 saturated heterocycles. The van der Waals surface area contributed by atoms with Gasteiger partial charge in [-0.2, -0.15) is 0 Å². The van der Waals surface area contributed by atoms with Gasteiger partial charge in [0.2, 0.25) is 0 Å². The largest absolute Gasteiger partial charge is 0.345 e. The molecule has 28 heavy (non-hydrogen) atoms. The molecule has 3 heterocycles. The number of aromatic nitrogens is 4. The quantitative estimate of drug-likeness (QED) is 0.429. The third-order valence-electron chi connectivity index (χ3n) is 4.64. The first kappa shape index (κ1) is 16.7. The summed E-state index contributed by atoms with van der Waals surface area (Å²) in [5, 5.41) is 0.696. The Labute approximate surface area is 166 Å². The zero-order valence-electron chi connectivity index (χ0n) is 14.7. The fraction of sp³-hybridized carbons (Fsp3) is 0. The van der Waals surface area contributed by atoms with Crippen LogP contribution in [-0.2, 0) is 0 Å². The van der Waals surface area contributed by atoms with Gasteiger partial charge in [-0.1, -0.05) is 29.8 Å².